The van der Waals surface area contributed by atoms with Crippen LogP contribution in [0.2, 0.25) is 0 Å². The Labute approximate surface area is 486 Å². The van der Waals surface area contributed by atoms with Crippen molar-refractivity contribution in [3.63, 3.8) is 0 Å². The van der Waals surface area contributed by atoms with E-state index in [9.17, 15) is 0 Å². The van der Waals surface area contributed by atoms with Gasteiger partial charge in [-0.05, 0) is 147 Å². The fraction of sp³-hybridized carbons (Fsp3) is 0.211. The topological polar surface area (TPSA) is 26.2 Å². The van der Waals surface area contributed by atoms with Crippen LogP contribution in [0.15, 0.2) is 208 Å². The highest BCUT2D eigenvalue weighted by Gasteiger charge is 2.44. The van der Waals surface area contributed by atoms with E-state index in [1.54, 1.807) is 0 Å². The zero-order chi connectivity index (χ0) is 56.1. The third kappa shape index (κ3) is 7.80. The smallest absolute Gasteiger partial charge is 0.249 e. The molecule has 2 aliphatic heterocycles. The monoisotopic (exact) mass is 1080 g/mol. The lowest BCUT2D eigenvalue weighted by Gasteiger charge is -2.43. The average molecular weight is 1080 g/mol. The molecule has 3 aromatic heterocycles. The fourth-order valence-electron chi connectivity index (χ4n) is 13.7. The lowest BCUT2D eigenvalue weighted by molar-refractivity contribution is 0.589. The minimum atomic E-state index is -0.155. The molecule has 0 saturated heterocycles. The van der Waals surface area contributed by atoms with Gasteiger partial charge in [0.15, 0.2) is 0 Å². The number of furan rings is 1. The van der Waals surface area contributed by atoms with Crippen LogP contribution in [0.25, 0.3) is 88.1 Å². The number of fused-ring (bicyclic) bond motifs is 13. The van der Waals surface area contributed by atoms with E-state index < -0.39 is 0 Å². The van der Waals surface area contributed by atoms with Gasteiger partial charge < -0.3 is 18.5 Å². The maximum absolute atomic E-state index is 7.17. The standard InChI is InChI=1S/C76H68BN3OS/c1-11-12-24-55-72(56(46-22-14-13-15-23-46)45-59-54-27-18-21-30-68(54)81-73(55)59)80-66-43-50(78-62-28-19-16-25-52(62)57-39-47(74(2,3)4)31-37-64(57)78)33-35-60(66)77-61-36-34-51(44-69(61)82-70-42-49(76(8,9)10)41-67(80)71(70)77)79-63-29-20-17-26-53(63)58-40-48(75(5,6)7)32-38-65(58)79/h13-23,25-45H,11-12,24H2,1-10H3. The molecule has 15 rings (SSSR count). The Hall–Kier alpha value is -8.19. The summed E-state index contributed by atoms with van der Waals surface area (Å²) < 4.78 is 12.2. The van der Waals surface area contributed by atoms with E-state index in [1.807, 2.05) is 11.8 Å². The van der Waals surface area contributed by atoms with Gasteiger partial charge in [-0.3, -0.25) is 0 Å². The van der Waals surface area contributed by atoms with Crippen molar-refractivity contribution in [2.24, 2.45) is 0 Å². The van der Waals surface area contributed by atoms with Gasteiger partial charge in [0.1, 0.15) is 11.2 Å². The highest BCUT2D eigenvalue weighted by atomic mass is 32.2. The molecule has 5 heterocycles. The molecule has 0 bridgehead atoms. The third-order valence-corrected chi connectivity index (χ3v) is 19.2. The molecule has 2 aliphatic rings. The number of aryl methyl sites for hydroxylation is 1. The first-order valence-corrected chi connectivity index (χ1v) is 30.4. The minimum Gasteiger partial charge on any atom is -0.456 e. The van der Waals surface area contributed by atoms with Crippen molar-refractivity contribution in [1.82, 2.24) is 9.13 Å². The maximum atomic E-state index is 7.17. The van der Waals surface area contributed by atoms with E-state index in [0.717, 1.165) is 46.9 Å². The number of unbranched alkanes of at least 4 members (excludes halogenated alkanes) is 1. The van der Waals surface area contributed by atoms with Gasteiger partial charge >= 0.3 is 0 Å². The molecule has 0 aliphatic carbocycles. The molecular weight excluding hydrogens is 1010 g/mol. The lowest BCUT2D eigenvalue weighted by Crippen LogP contribution is -2.60. The quantitative estimate of drug-likeness (QED) is 0.149. The second-order valence-corrected chi connectivity index (χ2v) is 27.4. The summed E-state index contributed by atoms with van der Waals surface area (Å²) in [5, 5.41) is 7.43. The molecule has 4 nitrogen and oxygen atoms in total. The Bertz CT molecular complexity index is 4780. The van der Waals surface area contributed by atoms with Crippen molar-refractivity contribution in [2.45, 2.75) is 115 Å². The molecule has 13 aromatic rings. The first kappa shape index (κ1) is 50.8. The van der Waals surface area contributed by atoms with Gasteiger partial charge in [-0.15, -0.1) is 0 Å². The van der Waals surface area contributed by atoms with Crippen LogP contribution in [0.1, 0.15) is 104 Å². The molecule has 0 saturated carbocycles. The molecule has 0 spiro atoms. The highest BCUT2D eigenvalue weighted by Crippen LogP contribution is 2.52. The average Bonchev–Trinajstić information content (AvgIpc) is 2.22. The zero-order valence-electron chi connectivity index (χ0n) is 48.8. The lowest BCUT2D eigenvalue weighted by atomic mass is 9.34. The highest BCUT2D eigenvalue weighted by molar-refractivity contribution is 8.00. The first-order valence-electron chi connectivity index (χ1n) is 29.6. The Kier molecular flexibility index (Phi) is 11.4. The van der Waals surface area contributed by atoms with Crippen LogP contribution in [0.3, 0.4) is 0 Å². The fourth-order valence-corrected chi connectivity index (χ4v) is 14.9. The molecule has 0 unspecified atom stereocenters. The van der Waals surface area contributed by atoms with Crippen molar-refractivity contribution >= 4 is 117 Å². The Morgan fingerprint density at radius 3 is 1.63 bits per heavy atom. The summed E-state index contributed by atoms with van der Waals surface area (Å²) in [6, 6.07) is 74.3. The minimum absolute atomic E-state index is 0.00367. The van der Waals surface area contributed by atoms with E-state index >= 15 is 0 Å². The Morgan fingerprint density at radius 2 is 1.01 bits per heavy atom. The number of para-hydroxylation sites is 3. The molecule has 82 heavy (non-hydrogen) atoms. The van der Waals surface area contributed by atoms with Gasteiger partial charge in [-0.25, -0.2) is 0 Å². The molecule has 0 N–H and O–H groups in total. The van der Waals surface area contributed by atoms with E-state index in [4.69, 9.17) is 4.42 Å². The second kappa shape index (κ2) is 18.4. The van der Waals surface area contributed by atoms with Crippen LogP contribution in [0.4, 0.5) is 17.1 Å². The van der Waals surface area contributed by atoms with Crippen LogP contribution in [-0.4, -0.2) is 15.8 Å². The van der Waals surface area contributed by atoms with Crippen LogP contribution >= 0.6 is 11.8 Å². The number of nitrogens with zero attached hydrogens (tertiary/aromatic N) is 3. The Balaban J connectivity index is 1.04. The number of anilines is 3. The molecule has 10 aromatic carbocycles. The van der Waals surface area contributed by atoms with Gasteiger partial charge in [-0.2, -0.15) is 0 Å². The third-order valence-electron chi connectivity index (χ3n) is 18.0. The van der Waals surface area contributed by atoms with Crippen LogP contribution in [0.5, 0.6) is 0 Å². The van der Waals surface area contributed by atoms with Gasteiger partial charge in [0.05, 0.1) is 27.8 Å². The SMILES string of the molecule is CCCCc1c(N2c3cc(-n4c5ccccc5c5cc(C(C)(C)C)ccc54)ccc3B3c4ccc(-n5c6ccccc6c6cc(C(C)(C)C)ccc65)cc4Sc4cc(C(C)(C)C)cc2c43)c(-c2ccccc2)cc2c1oc1ccccc12. The number of hydrogen-bond acceptors (Lipinski definition) is 3. The molecule has 0 fully saturated rings. The molecule has 6 heteroatoms. The number of benzene rings is 10. The van der Waals surface area contributed by atoms with Gasteiger partial charge in [0.2, 0.25) is 6.71 Å². The largest absolute Gasteiger partial charge is 0.456 e. The van der Waals surface area contributed by atoms with Crippen molar-refractivity contribution < 1.29 is 4.42 Å². The summed E-state index contributed by atoms with van der Waals surface area (Å²) >= 11 is 1.95. The predicted molar refractivity (Wildman–Crippen MR) is 352 cm³/mol. The van der Waals surface area contributed by atoms with Crippen LogP contribution < -0.4 is 21.3 Å². The maximum Gasteiger partial charge on any atom is 0.249 e. The number of aromatic nitrogens is 2. The van der Waals surface area contributed by atoms with Crippen molar-refractivity contribution in [3.05, 3.63) is 216 Å². The second-order valence-electron chi connectivity index (χ2n) is 26.4. The summed E-state index contributed by atoms with van der Waals surface area (Å²) in [7, 11) is 0. The van der Waals surface area contributed by atoms with Gasteiger partial charge in [0.25, 0.3) is 0 Å². The van der Waals surface area contributed by atoms with Crippen molar-refractivity contribution in [2.75, 3.05) is 4.90 Å². The number of hydrogen-bond donors (Lipinski definition) is 0. The summed E-state index contributed by atoms with van der Waals surface area (Å²) in [5.74, 6) is 0. The summed E-state index contributed by atoms with van der Waals surface area (Å²) in [5.41, 5.74) is 24.2. The molecule has 0 radical (unpaired) electrons. The normalized spacial score (nSPS) is 13.5. The zero-order valence-corrected chi connectivity index (χ0v) is 49.6. The molecule has 0 atom stereocenters. The van der Waals surface area contributed by atoms with Crippen molar-refractivity contribution in [3.8, 4) is 22.5 Å². The Morgan fingerprint density at radius 1 is 0.451 bits per heavy atom. The van der Waals surface area contributed by atoms with E-state index in [-0.39, 0.29) is 23.0 Å². The predicted octanol–water partition coefficient (Wildman–Crippen LogP) is 19.4. The number of rotatable bonds is 7. The molecule has 0 amide bonds. The summed E-state index contributed by atoms with van der Waals surface area (Å²) in [6.07, 6.45) is 2.94. The molecular formula is C76H68BN3OS. The summed E-state index contributed by atoms with van der Waals surface area (Å²) in [4.78, 5) is 5.31. The van der Waals surface area contributed by atoms with E-state index in [2.05, 4.69) is 277 Å². The summed E-state index contributed by atoms with van der Waals surface area (Å²) in [6.45, 7) is 23.3. The molecule has 402 valence electrons. The van der Waals surface area contributed by atoms with Gasteiger partial charge in [-0.1, -0.05) is 202 Å². The van der Waals surface area contributed by atoms with Crippen LogP contribution in [0, 0.1) is 0 Å². The van der Waals surface area contributed by atoms with E-state index in [1.165, 1.54) is 126 Å². The van der Waals surface area contributed by atoms with Gasteiger partial charge in [0, 0.05) is 76.0 Å². The van der Waals surface area contributed by atoms with E-state index in [0.29, 0.717) is 0 Å². The first-order chi connectivity index (χ1) is 39.5. The van der Waals surface area contributed by atoms with Crippen molar-refractivity contribution in [1.29, 1.82) is 0 Å². The van der Waals surface area contributed by atoms with Crippen LogP contribution in [-0.2, 0) is 22.7 Å².